The molecule has 5 nitrogen and oxygen atoms in total. The highest BCUT2D eigenvalue weighted by Crippen LogP contribution is 2.30. The van der Waals surface area contributed by atoms with Crippen LogP contribution in [0.3, 0.4) is 0 Å². The third-order valence-electron chi connectivity index (χ3n) is 5.69. The minimum atomic E-state index is -0.217. The fourth-order valence-electron chi connectivity index (χ4n) is 4.05. The topological polar surface area (TPSA) is 58.3 Å². The average Bonchev–Trinajstić information content (AvgIpc) is 3.16. The highest BCUT2D eigenvalue weighted by molar-refractivity contribution is 6.01. The van der Waals surface area contributed by atoms with Gasteiger partial charge in [0.15, 0.2) is 6.19 Å². The third kappa shape index (κ3) is 3.81. The molecule has 2 aromatic carbocycles. The molecule has 6 heteroatoms. The number of carbonyl (C=O) groups excluding carboxylic acids is 1. The first-order chi connectivity index (χ1) is 14.1. The number of rotatable bonds is 4. The summed E-state index contributed by atoms with van der Waals surface area (Å²) in [7, 11) is 1.53. The summed E-state index contributed by atoms with van der Waals surface area (Å²) in [5.74, 6) is 0.698. The molecule has 1 aliphatic rings. The van der Waals surface area contributed by atoms with E-state index in [1.165, 1.54) is 23.8 Å². The lowest BCUT2D eigenvalue weighted by molar-refractivity contribution is 0.0687. The summed E-state index contributed by atoms with van der Waals surface area (Å²) in [4.78, 5) is 15.0. The number of nitrogens with zero attached hydrogens (tertiary/aromatic N) is 3. The van der Waals surface area contributed by atoms with E-state index in [0.717, 1.165) is 35.7 Å². The van der Waals surface area contributed by atoms with E-state index in [9.17, 15) is 14.4 Å². The lowest BCUT2D eigenvalue weighted by atomic mass is 9.90. The maximum absolute atomic E-state index is 13.1. The predicted octanol–water partition coefficient (Wildman–Crippen LogP) is 4.21. The molecule has 0 aliphatic carbocycles. The van der Waals surface area contributed by atoms with Crippen LogP contribution < -0.4 is 4.74 Å². The molecule has 148 valence electrons. The van der Waals surface area contributed by atoms with Crippen LogP contribution >= 0.6 is 0 Å². The van der Waals surface area contributed by atoms with E-state index in [4.69, 9.17) is 4.74 Å². The van der Waals surface area contributed by atoms with Crippen LogP contribution in [0, 0.1) is 23.2 Å². The molecule has 0 unspecified atom stereocenters. The van der Waals surface area contributed by atoms with Crippen molar-refractivity contribution in [3.05, 3.63) is 65.6 Å². The van der Waals surface area contributed by atoms with E-state index < -0.39 is 0 Å². The normalized spacial score (nSPS) is 14.7. The number of hydrogen-bond acceptors (Lipinski definition) is 3. The summed E-state index contributed by atoms with van der Waals surface area (Å²) in [5.41, 5.74) is 2.37. The van der Waals surface area contributed by atoms with Crippen LogP contribution in [0.2, 0.25) is 0 Å². The van der Waals surface area contributed by atoms with E-state index in [1.54, 1.807) is 18.3 Å². The predicted molar refractivity (Wildman–Crippen MR) is 108 cm³/mol. The molecule has 2 heterocycles. The van der Waals surface area contributed by atoms with Crippen molar-refractivity contribution < 1.29 is 13.9 Å². The average molecular weight is 391 g/mol. The Morgan fingerprint density at radius 1 is 1.21 bits per heavy atom. The SMILES string of the molecule is COc1cc2c(ccn2C#N)cc1C(=O)N1CCC(Cc2ccc(F)cc2)CC1. The fourth-order valence-corrected chi connectivity index (χ4v) is 4.05. The molecule has 1 saturated heterocycles. The third-order valence-corrected chi connectivity index (χ3v) is 5.69. The van der Waals surface area contributed by atoms with Gasteiger partial charge in [-0.1, -0.05) is 12.1 Å². The number of ether oxygens (including phenoxy) is 1. The summed E-state index contributed by atoms with van der Waals surface area (Å²) in [5, 5.41) is 10.0. The summed E-state index contributed by atoms with van der Waals surface area (Å²) >= 11 is 0. The van der Waals surface area contributed by atoms with Gasteiger partial charge in [0.1, 0.15) is 11.6 Å². The molecule has 0 N–H and O–H groups in total. The number of fused-ring (bicyclic) bond motifs is 1. The van der Waals surface area contributed by atoms with E-state index in [-0.39, 0.29) is 11.7 Å². The Morgan fingerprint density at radius 3 is 2.59 bits per heavy atom. The van der Waals surface area contributed by atoms with Crippen LogP contribution in [0.5, 0.6) is 5.75 Å². The van der Waals surface area contributed by atoms with Crippen molar-refractivity contribution >= 4 is 16.8 Å². The molecule has 29 heavy (non-hydrogen) atoms. The molecule has 0 saturated carbocycles. The molecule has 1 aromatic heterocycles. The molecule has 0 radical (unpaired) electrons. The van der Waals surface area contributed by atoms with Crippen LogP contribution in [0.15, 0.2) is 48.7 Å². The van der Waals surface area contributed by atoms with Crippen LogP contribution in [0.1, 0.15) is 28.8 Å². The number of piperidine rings is 1. The largest absolute Gasteiger partial charge is 0.496 e. The van der Waals surface area contributed by atoms with Gasteiger partial charge >= 0.3 is 0 Å². The number of likely N-dealkylation sites (tertiary alicyclic amines) is 1. The van der Waals surface area contributed by atoms with Crippen molar-refractivity contribution in [2.24, 2.45) is 5.92 Å². The second-order valence-corrected chi connectivity index (χ2v) is 7.46. The van der Waals surface area contributed by atoms with Crippen molar-refractivity contribution in [2.75, 3.05) is 20.2 Å². The van der Waals surface area contributed by atoms with Crippen molar-refractivity contribution in [1.82, 2.24) is 9.47 Å². The summed E-state index contributed by atoms with van der Waals surface area (Å²) in [6, 6.07) is 12.0. The van der Waals surface area contributed by atoms with E-state index in [2.05, 4.69) is 6.19 Å². The van der Waals surface area contributed by atoms with Gasteiger partial charge < -0.3 is 9.64 Å². The van der Waals surface area contributed by atoms with Gasteiger partial charge in [0.25, 0.3) is 5.91 Å². The lowest BCUT2D eigenvalue weighted by Crippen LogP contribution is -2.39. The molecular formula is C23H22FN3O2. The van der Waals surface area contributed by atoms with E-state index >= 15 is 0 Å². The Kier molecular flexibility index (Phi) is 5.22. The fraction of sp³-hybridized carbons (Fsp3) is 0.304. The molecule has 0 bridgehead atoms. The highest BCUT2D eigenvalue weighted by atomic mass is 19.1. The van der Waals surface area contributed by atoms with Gasteiger partial charge in [-0.05, 0) is 55.0 Å². The molecular weight excluding hydrogens is 369 g/mol. The summed E-state index contributed by atoms with van der Waals surface area (Å²) in [6.45, 7) is 1.37. The van der Waals surface area contributed by atoms with Gasteiger partial charge in [-0.3, -0.25) is 9.36 Å². The molecule has 3 aromatic rings. The molecule has 1 aliphatic heterocycles. The maximum atomic E-state index is 13.1. The number of halogens is 1. The van der Waals surface area contributed by atoms with E-state index in [1.807, 2.05) is 23.1 Å². The molecule has 1 fully saturated rings. The van der Waals surface area contributed by atoms with Crippen LogP contribution in [0.4, 0.5) is 4.39 Å². The van der Waals surface area contributed by atoms with Gasteiger partial charge in [-0.15, -0.1) is 0 Å². The number of carbonyl (C=O) groups is 1. The number of aromatic nitrogens is 1. The molecule has 0 spiro atoms. The zero-order chi connectivity index (χ0) is 20.4. The van der Waals surface area contributed by atoms with Crippen LogP contribution in [-0.2, 0) is 6.42 Å². The first kappa shape index (κ1) is 19.0. The number of nitriles is 1. The van der Waals surface area contributed by atoms with Crippen LogP contribution in [0.25, 0.3) is 10.9 Å². The van der Waals surface area contributed by atoms with Gasteiger partial charge in [0, 0.05) is 30.7 Å². The van der Waals surface area contributed by atoms with Gasteiger partial charge in [0.2, 0.25) is 0 Å². The number of benzene rings is 2. The second kappa shape index (κ2) is 7.96. The number of hydrogen-bond donors (Lipinski definition) is 0. The first-order valence-electron chi connectivity index (χ1n) is 9.72. The van der Waals surface area contributed by atoms with Crippen molar-refractivity contribution in [1.29, 1.82) is 5.26 Å². The first-order valence-corrected chi connectivity index (χ1v) is 9.72. The van der Waals surface area contributed by atoms with Crippen molar-refractivity contribution in [3.8, 4) is 11.9 Å². The standard InChI is InChI=1S/C23H22FN3O2/c1-29-22-14-21-18(8-11-27(21)15-25)13-20(22)23(28)26-9-6-17(7-10-26)12-16-2-4-19(24)5-3-16/h2-5,8,11,13-14,17H,6-7,9-10,12H2,1H3. The summed E-state index contributed by atoms with van der Waals surface area (Å²) < 4.78 is 20.0. The van der Waals surface area contributed by atoms with Crippen LogP contribution in [-0.4, -0.2) is 35.6 Å². The molecule has 1 amide bonds. The zero-order valence-electron chi connectivity index (χ0n) is 16.3. The Hall–Kier alpha value is -3.33. The van der Waals surface area contributed by atoms with Crippen molar-refractivity contribution in [2.45, 2.75) is 19.3 Å². The second-order valence-electron chi connectivity index (χ2n) is 7.46. The molecule has 4 rings (SSSR count). The van der Waals surface area contributed by atoms with Crippen molar-refractivity contribution in [3.63, 3.8) is 0 Å². The smallest absolute Gasteiger partial charge is 0.257 e. The minimum absolute atomic E-state index is 0.0475. The lowest BCUT2D eigenvalue weighted by Gasteiger charge is -2.32. The summed E-state index contributed by atoms with van der Waals surface area (Å²) in [6.07, 6.45) is 6.50. The Bertz CT molecular complexity index is 1070. The number of amides is 1. The van der Waals surface area contributed by atoms with Gasteiger partial charge in [-0.2, -0.15) is 5.26 Å². The zero-order valence-corrected chi connectivity index (χ0v) is 16.3. The monoisotopic (exact) mass is 391 g/mol. The highest BCUT2D eigenvalue weighted by Gasteiger charge is 2.26. The maximum Gasteiger partial charge on any atom is 0.257 e. The van der Waals surface area contributed by atoms with Gasteiger partial charge in [0.05, 0.1) is 18.2 Å². The Labute approximate surface area is 168 Å². The quantitative estimate of drug-likeness (QED) is 0.669. The molecule has 0 atom stereocenters. The van der Waals surface area contributed by atoms with Gasteiger partial charge in [-0.25, -0.2) is 4.39 Å². The number of methoxy groups -OCH3 is 1. The van der Waals surface area contributed by atoms with E-state index in [0.29, 0.717) is 30.3 Å². The Balaban J connectivity index is 1.46. The minimum Gasteiger partial charge on any atom is -0.496 e. The Morgan fingerprint density at radius 2 is 1.93 bits per heavy atom.